The lowest BCUT2D eigenvalue weighted by atomic mass is 9.96. The third kappa shape index (κ3) is 2.70. The number of phenols is 2. The minimum absolute atomic E-state index is 0.191. The summed E-state index contributed by atoms with van der Waals surface area (Å²) in [5.41, 5.74) is 7.15. The summed E-state index contributed by atoms with van der Waals surface area (Å²) in [7, 11) is 0. The van der Waals surface area contributed by atoms with E-state index in [2.05, 4.69) is 0 Å². The molecule has 0 saturated heterocycles. The second-order valence-electron chi connectivity index (χ2n) is 6.96. The maximum Gasteiger partial charge on any atom is 0.123 e. The van der Waals surface area contributed by atoms with Gasteiger partial charge in [-0.05, 0) is 64.7 Å². The number of halogens is 1. The number of pyridine rings is 1. The summed E-state index contributed by atoms with van der Waals surface area (Å²) in [6.45, 7) is 0. The van der Waals surface area contributed by atoms with Gasteiger partial charge in [-0.3, -0.25) is 0 Å². The van der Waals surface area contributed by atoms with E-state index in [1.165, 1.54) is 12.1 Å². The van der Waals surface area contributed by atoms with Crippen LogP contribution in [-0.4, -0.2) is 15.2 Å². The lowest BCUT2D eigenvalue weighted by Crippen LogP contribution is -1.95. The van der Waals surface area contributed by atoms with Crippen molar-refractivity contribution in [2.24, 2.45) is 0 Å². The molecule has 0 bridgehead atoms. The quantitative estimate of drug-likeness (QED) is 0.430. The molecule has 1 heterocycles. The molecule has 4 heteroatoms. The highest BCUT2D eigenvalue weighted by molar-refractivity contribution is 5.86. The first-order valence-corrected chi connectivity index (χ1v) is 9.00. The van der Waals surface area contributed by atoms with Crippen molar-refractivity contribution in [1.82, 2.24) is 4.98 Å². The zero-order valence-corrected chi connectivity index (χ0v) is 14.9. The molecule has 0 unspecified atom stereocenters. The Morgan fingerprint density at radius 2 is 1.54 bits per heavy atom. The number of hydrogen-bond acceptors (Lipinski definition) is 3. The number of hydrogen-bond donors (Lipinski definition) is 2. The van der Waals surface area contributed by atoms with Gasteiger partial charge in [0.05, 0.1) is 11.4 Å². The molecule has 0 saturated carbocycles. The standard InChI is InChI=1S/C24H16FNO2/c25-17-3-1-2-16(10-17)23-13-20(14-4-7-18(27)8-5-14)22-11-15-6-9-19(28)12-21(15)24(22)26-23/h1-10,12-13,27-28H,11H2. The number of aromatic hydroxyl groups is 2. The van der Waals surface area contributed by atoms with E-state index in [1.807, 2.05) is 30.3 Å². The summed E-state index contributed by atoms with van der Waals surface area (Å²) in [6, 6.07) is 20.7. The van der Waals surface area contributed by atoms with Crippen molar-refractivity contribution < 1.29 is 14.6 Å². The van der Waals surface area contributed by atoms with Gasteiger partial charge in [0.15, 0.2) is 0 Å². The molecule has 136 valence electrons. The molecule has 0 amide bonds. The highest BCUT2D eigenvalue weighted by Crippen LogP contribution is 2.43. The normalized spacial score (nSPS) is 11.9. The van der Waals surface area contributed by atoms with E-state index in [0.29, 0.717) is 17.7 Å². The highest BCUT2D eigenvalue weighted by atomic mass is 19.1. The third-order valence-electron chi connectivity index (χ3n) is 5.14. The monoisotopic (exact) mass is 369 g/mol. The smallest absolute Gasteiger partial charge is 0.123 e. The van der Waals surface area contributed by atoms with E-state index in [1.54, 1.807) is 30.3 Å². The number of fused-ring (bicyclic) bond motifs is 3. The summed E-state index contributed by atoms with van der Waals surface area (Å²) in [5.74, 6) is 0.0767. The summed E-state index contributed by atoms with van der Waals surface area (Å²) >= 11 is 0. The van der Waals surface area contributed by atoms with Crippen LogP contribution in [-0.2, 0) is 6.42 Å². The van der Waals surface area contributed by atoms with Crippen molar-refractivity contribution in [3.05, 3.63) is 89.7 Å². The van der Waals surface area contributed by atoms with Gasteiger partial charge in [-0.15, -0.1) is 0 Å². The van der Waals surface area contributed by atoms with Gasteiger partial charge in [0, 0.05) is 17.5 Å². The Bertz CT molecular complexity index is 1220. The third-order valence-corrected chi connectivity index (χ3v) is 5.14. The van der Waals surface area contributed by atoms with Crippen LogP contribution in [0.15, 0.2) is 72.8 Å². The minimum Gasteiger partial charge on any atom is -0.508 e. The maximum atomic E-state index is 13.8. The molecule has 28 heavy (non-hydrogen) atoms. The zero-order valence-electron chi connectivity index (χ0n) is 14.9. The van der Waals surface area contributed by atoms with E-state index in [4.69, 9.17) is 4.98 Å². The van der Waals surface area contributed by atoms with Crippen LogP contribution in [0.3, 0.4) is 0 Å². The van der Waals surface area contributed by atoms with Gasteiger partial charge in [0.1, 0.15) is 17.3 Å². The van der Waals surface area contributed by atoms with E-state index in [9.17, 15) is 14.6 Å². The maximum absolute atomic E-state index is 13.8. The van der Waals surface area contributed by atoms with Crippen LogP contribution in [0, 0.1) is 5.82 Å². The molecule has 1 aromatic heterocycles. The second-order valence-corrected chi connectivity index (χ2v) is 6.96. The van der Waals surface area contributed by atoms with Gasteiger partial charge in [0.2, 0.25) is 0 Å². The molecular formula is C24H16FNO2. The van der Waals surface area contributed by atoms with Gasteiger partial charge in [-0.2, -0.15) is 0 Å². The van der Waals surface area contributed by atoms with Crippen LogP contribution in [0.2, 0.25) is 0 Å². The molecule has 3 aromatic carbocycles. The van der Waals surface area contributed by atoms with Gasteiger partial charge >= 0.3 is 0 Å². The largest absolute Gasteiger partial charge is 0.508 e. The van der Waals surface area contributed by atoms with Crippen LogP contribution < -0.4 is 0 Å². The number of benzene rings is 3. The molecule has 4 aromatic rings. The van der Waals surface area contributed by atoms with Crippen molar-refractivity contribution in [2.45, 2.75) is 6.42 Å². The first-order chi connectivity index (χ1) is 13.6. The van der Waals surface area contributed by atoms with E-state index >= 15 is 0 Å². The Morgan fingerprint density at radius 3 is 2.32 bits per heavy atom. The van der Waals surface area contributed by atoms with Crippen molar-refractivity contribution in [1.29, 1.82) is 0 Å². The van der Waals surface area contributed by atoms with Crippen LogP contribution in [0.5, 0.6) is 11.5 Å². The molecule has 0 aliphatic heterocycles. The lowest BCUT2D eigenvalue weighted by Gasteiger charge is -2.12. The fourth-order valence-corrected chi connectivity index (χ4v) is 3.80. The van der Waals surface area contributed by atoms with Crippen LogP contribution in [0.25, 0.3) is 33.6 Å². The second kappa shape index (κ2) is 6.20. The fraction of sp³-hybridized carbons (Fsp3) is 0.0417. The first-order valence-electron chi connectivity index (χ1n) is 9.00. The number of phenolic OH excluding ortho intramolecular Hbond substituents is 2. The average Bonchev–Trinajstić information content (AvgIpc) is 3.06. The molecule has 1 aliphatic carbocycles. The highest BCUT2D eigenvalue weighted by Gasteiger charge is 2.25. The SMILES string of the molecule is Oc1ccc(-c2cc(-c3cccc(F)c3)nc3c2Cc2ccc(O)cc2-3)cc1. The zero-order chi connectivity index (χ0) is 19.3. The number of rotatable bonds is 2. The Morgan fingerprint density at radius 1 is 0.750 bits per heavy atom. The van der Waals surface area contributed by atoms with E-state index in [0.717, 1.165) is 33.5 Å². The van der Waals surface area contributed by atoms with Gasteiger partial charge < -0.3 is 10.2 Å². The number of aromatic nitrogens is 1. The summed E-state index contributed by atoms with van der Waals surface area (Å²) in [6.07, 6.45) is 0.706. The predicted molar refractivity (Wildman–Crippen MR) is 107 cm³/mol. The average molecular weight is 369 g/mol. The molecule has 0 spiro atoms. The summed E-state index contributed by atoms with van der Waals surface area (Å²) < 4.78 is 13.8. The van der Waals surface area contributed by atoms with Gasteiger partial charge in [-0.25, -0.2) is 9.37 Å². The Labute approximate surface area is 161 Å². The van der Waals surface area contributed by atoms with E-state index in [-0.39, 0.29) is 17.3 Å². The lowest BCUT2D eigenvalue weighted by molar-refractivity contribution is 0.475. The fourth-order valence-electron chi connectivity index (χ4n) is 3.80. The molecule has 3 nitrogen and oxygen atoms in total. The molecule has 5 rings (SSSR count). The van der Waals surface area contributed by atoms with Crippen LogP contribution in [0.4, 0.5) is 4.39 Å². The van der Waals surface area contributed by atoms with Crippen LogP contribution in [0.1, 0.15) is 11.1 Å². The summed E-state index contributed by atoms with van der Waals surface area (Å²) in [5, 5.41) is 19.6. The van der Waals surface area contributed by atoms with Gasteiger partial charge in [-0.1, -0.05) is 30.3 Å². The molecule has 0 radical (unpaired) electrons. The molecular weight excluding hydrogens is 353 g/mol. The Balaban J connectivity index is 1.78. The molecule has 0 atom stereocenters. The Hall–Kier alpha value is -3.66. The van der Waals surface area contributed by atoms with Crippen molar-refractivity contribution in [3.63, 3.8) is 0 Å². The summed E-state index contributed by atoms with van der Waals surface area (Å²) in [4.78, 5) is 4.82. The first kappa shape index (κ1) is 16.5. The molecule has 1 aliphatic rings. The molecule has 0 fully saturated rings. The topological polar surface area (TPSA) is 53.4 Å². The van der Waals surface area contributed by atoms with Crippen LogP contribution >= 0.6 is 0 Å². The van der Waals surface area contributed by atoms with Crippen molar-refractivity contribution in [3.8, 4) is 45.1 Å². The predicted octanol–water partition coefficient (Wildman–Crippen LogP) is 5.54. The minimum atomic E-state index is -0.316. The molecule has 2 N–H and O–H groups in total. The van der Waals surface area contributed by atoms with Gasteiger partial charge in [0.25, 0.3) is 0 Å². The van der Waals surface area contributed by atoms with Crippen molar-refractivity contribution >= 4 is 0 Å². The van der Waals surface area contributed by atoms with Crippen molar-refractivity contribution in [2.75, 3.05) is 0 Å². The van der Waals surface area contributed by atoms with E-state index < -0.39 is 0 Å². The Kier molecular flexibility index (Phi) is 3.66. The number of nitrogens with zero attached hydrogens (tertiary/aromatic N) is 1.